The van der Waals surface area contributed by atoms with E-state index in [0.29, 0.717) is 0 Å². The van der Waals surface area contributed by atoms with Gasteiger partial charge in [0.1, 0.15) is 28.9 Å². The molecule has 1 unspecified atom stereocenters. The van der Waals surface area contributed by atoms with Gasteiger partial charge in [-0.1, -0.05) is 0 Å². The molecule has 12 heteroatoms. The molecule has 0 bridgehead atoms. The number of allylic oxidation sites excluding steroid dienone is 2. The SMILES string of the molecule is CCOC(=O)C1=C(C)OC(N)=C(C#N)C1c1cc([N+](=O)[O-])ccc1Oc1ccc(C(F)(F)F)cc1. The van der Waals surface area contributed by atoms with Crippen molar-refractivity contribution in [3.8, 4) is 17.6 Å². The summed E-state index contributed by atoms with van der Waals surface area (Å²) in [7, 11) is 0. The predicted molar refractivity (Wildman–Crippen MR) is 115 cm³/mol. The molecular weight excluding hydrogens is 471 g/mol. The van der Waals surface area contributed by atoms with Crippen LogP contribution in [0, 0.1) is 21.4 Å². The molecule has 0 amide bonds. The van der Waals surface area contributed by atoms with Gasteiger partial charge in [0.15, 0.2) is 0 Å². The summed E-state index contributed by atoms with van der Waals surface area (Å²) < 4.78 is 54.8. The second-order valence-corrected chi connectivity index (χ2v) is 7.22. The summed E-state index contributed by atoms with van der Waals surface area (Å²) in [5.41, 5.74) is 4.22. The summed E-state index contributed by atoms with van der Waals surface area (Å²) in [6, 6.07) is 9.02. The van der Waals surface area contributed by atoms with Crippen molar-refractivity contribution in [2.45, 2.75) is 25.9 Å². The van der Waals surface area contributed by atoms with Gasteiger partial charge in [0, 0.05) is 17.7 Å². The monoisotopic (exact) mass is 489 g/mol. The fraction of sp³-hybridized carbons (Fsp3) is 0.217. The number of nitriles is 1. The Bertz CT molecular complexity index is 1280. The van der Waals surface area contributed by atoms with Crippen LogP contribution in [0.4, 0.5) is 18.9 Å². The van der Waals surface area contributed by atoms with Gasteiger partial charge in [-0.25, -0.2) is 4.79 Å². The van der Waals surface area contributed by atoms with Crippen LogP contribution in [0.5, 0.6) is 11.5 Å². The maximum absolute atomic E-state index is 12.9. The summed E-state index contributed by atoms with van der Waals surface area (Å²) in [6.07, 6.45) is -4.56. The standard InChI is InChI=1S/C23H18F3N3O6/c1-3-33-22(30)19-12(2)34-21(28)17(11-27)20(19)16-10-14(29(31)32)6-9-18(16)35-15-7-4-13(5-8-15)23(24,25)26/h4-10,20H,3,28H2,1-2H3. The molecule has 1 aliphatic heterocycles. The second-order valence-electron chi connectivity index (χ2n) is 7.22. The van der Waals surface area contributed by atoms with Gasteiger partial charge in [-0.2, -0.15) is 18.4 Å². The predicted octanol–water partition coefficient (Wildman–Crippen LogP) is 5.05. The zero-order valence-electron chi connectivity index (χ0n) is 18.4. The Hall–Kier alpha value is -4.53. The lowest BCUT2D eigenvalue weighted by Gasteiger charge is -2.27. The van der Waals surface area contributed by atoms with Crippen molar-refractivity contribution in [2.24, 2.45) is 5.73 Å². The van der Waals surface area contributed by atoms with E-state index in [1.807, 2.05) is 6.07 Å². The topological polar surface area (TPSA) is 138 Å². The number of non-ortho nitro benzene ring substituents is 1. The molecule has 1 heterocycles. The molecule has 2 aromatic carbocycles. The van der Waals surface area contributed by atoms with Gasteiger partial charge in [0.25, 0.3) is 5.69 Å². The Kier molecular flexibility index (Phi) is 7.00. The Morgan fingerprint density at radius 1 is 1.26 bits per heavy atom. The van der Waals surface area contributed by atoms with E-state index in [1.54, 1.807) is 6.92 Å². The molecule has 0 spiro atoms. The Labute approximate surface area is 197 Å². The number of carbonyl (C=O) groups is 1. The van der Waals surface area contributed by atoms with Crippen LogP contribution < -0.4 is 10.5 Å². The van der Waals surface area contributed by atoms with Crippen LogP contribution >= 0.6 is 0 Å². The Morgan fingerprint density at radius 3 is 2.46 bits per heavy atom. The van der Waals surface area contributed by atoms with E-state index >= 15 is 0 Å². The minimum absolute atomic E-state index is 0.00668. The van der Waals surface area contributed by atoms with Gasteiger partial charge in [0.05, 0.1) is 28.6 Å². The fourth-order valence-electron chi connectivity index (χ4n) is 3.47. The third kappa shape index (κ3) is 5.19. The maximum atomic E-state index is 12.9. The number of halogens is 3. The molecule has 3 rings (SSSR count). The first kappa shape index (κ1) is 25.1. The average Bonchev–Trinajstić information content (AvgIpc) is 2.78. The van der Waals surface area contributed by atoms with Crippen LogP contribution in [0.2, 0.25) is 0 Å². The molecule has 35 heavy (non-hydrogen) atoms. The van der Waals surface area contributed by atoms with Crippen LogP contribution in [-0.4, -0.2) is 17.5 Å². The number of esters is 1. The Balaban J connectivity index is 2.19. The molecule has 0 saturated heterocycles. The summed E-state index contributed by atoms with van der Waals surface area (Å²) in [4.78, 5) is 23.5. The van der Waals surface area contributed by atoms with Crippen molar-refractivity contribution in [1.82, 2.24) is 0 Å². The van der Waals surface area contributed by atoms with Gasteiger partial charge >= 0.3 is 12.1 Å². The molecule has 182 valence electrons. The molecule has 0 aromatic heterocycles. The first-order valence-electron chi connectivity index (χ1n) is 10.1. The van der Waals surface area contributed by atoms with E-state index in [0.717, 1.165) is 36.4 Å². The van der Waals surface area contributed by atoms with Gasteiger partial charge < -0.3 is 19.9 Å². The summed E-state index contributed by atoms with van der Waals surface area (Å²) >= 11 is 0. The lowest BCUT2D eigenvalue weighted by molar-refractivity contribution is -0.384. The molecule has 2 aromatic rings. The van der Waals surface area contributed by atoms with Crippen molar-refractivity contribution in [3.05, 3.63) is 86.5 Å². The first-order chi connectivity index (χ1) is 16.5. The number of carbonyl (C=O) groups excluding carboxylic acids is 1. The number of nitro groups is 1. The van der Waals surface area contributed by atoms with E-state index in [2.05, 4.69) is 0 Å². The van der Waals surface area contributed by atoms with Gasteiger partial charge in [-0.15, -0.1) is 0 Å². The zero-order valence-corrected chi connectivity index (χ0v) is 18.4. The Morgan fingerprint density at radius 2 is 1.91 bits per heavy atom. The maximum Gasteiger partial charge on any atom is 0.416 e. The minimum Gasteiger partial charge on any atom is -0.463 e. The summed E-state index contributed by atoms with van der Waals surface area (Å²) in [5, 5.41) is 21.2. The molecule has 9 nitrogen and oxygen atoms in total. The van der Waals surface area contributed by atoms with Crippen LogP contribution in [0.25, 0.3) is 0 Å². The van der Waals surface area contributed by atoms with E-state index in [9.17, 15) is 33.3 Å². The van der Waals surface area contributed by atoms with Crippen LogP contribution in [0.1, 0.15) is 30.9 Å². The van der Waals surface area contributed by atoms with E-state index in [-0.39, 0.29) is 52.1 Å². The number of alkyl halides is 3. The van der Waals surface area contributed by atoms with Crippen LogP contribution in [-0.2, 0) is 20.4 Å². The van der Waals surface area contributed by atoms with E-state index in [1.165, 1.54) is 13.0 Å². The molecule has 0 aliphatic carbocycles. The van der Waals surface area contributed by atoms with Gasteiger partial charge in [-0.3, -0.25) is 10.1 Å². The van der Waals surface area contributed by atoms with Crippen molar-refractivity contribution in [1.29, 1.82) is 5.26 Å². The van der Waals surface area contributed by atoms with Crippen molar-refractivity contribution in [3.63, 3.8) is 0 Å². The quantitative estimate of drug-likeness (QED) is 0.338. The summed E-state index contributed by atoms with van der Waals surface area (Å²) in [5.74, 6) is -2.50. The molecule has 0 radical (unpaired) electrons. The number of nitrogens with zero attached hydrogens (tertiary/aromatic N) is 2. The number of rotatable bonds is 6. The second kappa shape index (κ2) is 9.76. The fourth-order valence-corrected chi connectivity index (χ4v) is 3.47. The van der Waals surface area contributed by atoms with Crippen LogP contribution in [0.3, 0.4) is 0 Å². The number of ether oxygens (including phenoxy) is 3. The first-order valence-corrected chi connectivity index (χ1v) is 10.1. The highest BCUT2D eigenvalue weighted by Crippen LogP contribution is 2.45. The highest BCUT2D eigenvalue weighted by molar-refractivity contribution is 5.93. The molecule has 0 saturated carbocycles. The molecule has 2 N–H and O–H groups in total. The highest BCUT2D eigenvalue weighted by atomic mass is 19.4. The van der Waals surface area contributed by atoms with Gasteiger partial charge in [-0.05, 0) is 44.2 Å². The number of hydrogen-bond donors (Lipinski definition) is 1. The highest BCUT2D eigenvalue weighted by Gasteiger charge is 2.39. The summed E-state index contributed by atoms with van der Waals surface area (Å²) in [6.45, 7) is 2.97. The minimum atomic E-state index is -4.56. The van der Waals surface area contributed by atoms with Gasteiger partial charge in [0.2, 0.25) is 5.88 Å². The largest absolute Gasteiger partial charge is 0.463 e. The number of hydrogen-bond acceptors (Lipinski definition) is 8. The smallest absolute Gasteiger partial charge is 0.416 e. The number of benzene rings is 2. The van der Waals surface area contributed by atoms with E-state index in [4.69, 9.17) is 19.9 Å². The normalized spacial score (nSPS) is 15.8. The van der Waals surface area contributed by atoms with Crippen LogP contribution in [0.15, 0.2) is 65.3 Å². The molecule has 0 fully saturated rings. The van der Waals surface area contributed by atoms with Crippen molar-refractivity contribution >= 4 is 11.7 Å². The molecule has 1 atom stereocenters. The lowest BCUT2D eigenvalue weighted by Crippen LogP contribution is -2.26. The van der Waals surface area contributed by atoms with E-state index < -0.39 is 28.6 Å². The third-order valence-electron chi connectivity index (χ3n) is 5.03. The third-order valence-corrected chi connectivity index (χ3v) is 5.03. The average molecular weight is 489 g/mol. The number of nitro benzene ring substituents is 1. The zero-order chi connectivity index (χ0) is 25.9. The lowest BCUT2D eigenvalue weighted by atomic mass is 9.82. The molecular formula is C23H18F3N3O6. The number of nitrogens with two attached hydrogens (primary N) is 1. The van der Waals surface area contributed by atoms with Crippen molar-refractivity contribution < 1.29 is 37.1 Å². The van der Waals surface area contributed by atoms with Crippen molar-refractivity contribution in [2.75, 3.05) is 6.61 Å². The molecule has 1 aliphatic rings.